The van der Waals surface area contributed by atoms with Crippen LogP contribution in [0.4, 0.5) is 5.69 Å². The van der Waals surface area contributed by atoms with Crippen LogP contribution in [0.5, 0.6) is 0 Å². The Kier molecular flexibility index (Phi) is 2.92. The molecule has 0 unspecified atom stereocenters. The standard InChI is InChI=1S/C12H12N2S/c1-9-4-2-3-5-11(9)15-12-8-10(13)6-7-14-12/h2-8H,1H3,(H2,13,14). The lowest BCUT2D eigenvalue weighted by Crippen LogP contribution is -1.87. The van der Waals surface area contributed by atoms with Gasteiger partial charge in [0, 0.05) is 16.8 Å². The van der Waals surface area contributed by atoms with Crippen LogP contribution in [0.2, 0.25) is 0 Å². The first kappa shape index (κ1) is 10.1. The highest BCUT2D eigenvalue weighted by Crippen LogP contribution is 2.29. The molecule has 0 radical (unpaired) electrons. The summed E-state index contributed by atoms with van der Waals surface area (Å²) < 4.78 is 0. The van der Waals surface area contributed by atoms with Crippen molar-refractivity contribution in [3.05, 3.63) is 48.2 Å². The van der Waals surface area contributed by atoms with Crippen molar-refractivity contribution in [1.82, 2.24) is 4.98 Å². The number of aryl methyl sites for hydroxylation is 1. The second-order valence-electron chi connectivity index (χ2n) is 3.29. The van der Waals surface area contributed by atoms with E-state index in [4.69, 9.17) is 5.73 Å². The molecule has 3 heteroatoms. The molecule has 2 nitrogen and oxygen atoms in total. The zero-order chi connectivity index (χ0) is 10.7. The van der Waals surface area contributed by atoms with Crippen molar-refractivity contribution in [3.63, 3.8) is 0 Å². The number of nitrogens with zero attached hydrogens (tertiary/aromatic N) is 1. The predicted molar refractivity (Wildman–Crippen MR) is 64.0 cm³/mol. The number of benzene rings is 1. The minimum atomic E-state index is 0.751. The van der Waals surface area contributed by atoms with Crippen molar-refractivity contribution in [1.29, 1.82) is 0 Å². The second-order valence-corrected chi connectivity index (χ2v) is 4.36. The Morgan fingerprint density at radius 3 is 2.73 bits per heavy atom. The molecule has 0 spiro atoms. The maximum absolute atomic E-state index is 5.70. The van der Waals surface area contributed by atoms with E-state index < -0.39 is 0 Å². The molecule has 1 aromatic heterocycles. The average Bonchev–Trinajstić information content (AvgIpc) is 2.22. The first-order chi connectivity index (χ1) is 7.25. The molecule has 15 heavy (non-hydrogen) atoms. The minimum Gasteiger partial charge on any atom is -0.399 e. The van der Waals surface area contributed by atoms with Crippen molar-refractivity contribution in [2.24, 2.45) is 0 Å². The third kappa shape index (κ3) is 2.50. The number of hydrogen-bond donors (Lipinski definition) is 1. The van der Waals surface area contributed by atoms with Crippen LogP contribution in [0, 0.1) is 6.92 Å². The summed E-state index contributed by atoms with van der Waals surface area (Å²) in [6, 6.07) is 11.9. The monoisotopic (exact) mass is 216 g/mol. The average molecular weight is 216 g/mol. The fourth-order valence-electron chi connectivity index (χ4n) is 1.26. The highest BCUT2D eigenvalue weighted by Gasteiger charge is 2.01. The number of aromatic nitrogens is 1. The lowest BCUT2D eigenvalue weighted by Gasteiger charge is -2.04. The fraction of sp³-hybridized carbons (Fsp3) is 0.0833. The van der Waals surface area contributed by atoms with Crippen LogP contribution < -0.4 is 5.73 Å². The van der Waals surface area contributed by atoms with E-state index in [1.165, 1.54) is 10.5 Å². The molecule has 2 aromatic rings. The summed E-state index contributed by atoms with van der Waals surface area (Å²) in [5, 5.41) is 0.935. The molecule has 0 amide bonds. The third-order valence-electron chi connectivity index (χ3n) is 2.07. The normalized spacial score (nSPS) is 10.2. The van der Waals surface area contributed by atoms with Gasteiger partial charge in [0.05, 0.1) is 0 Å². The quantitative estimate of drug-likeness (QED) is 0.838. The maximum atomic E-state index is 5.70. The van der Waals surface area contributed by atoms with Crippen LogP contribution in [0.25, 0.3) is 0 Å². The van der Waals surface area contributed by atoms with E-state index in [1.54, 1.807) is 24.0 Å². The van der Waals surface area contributed by atoms with Gasteiger partial charge < -0.3 is 5.73 Å². The molecule has 2 rings (SSSR count). The second kappa shape index (κ2) is 4.36. The number of rotatable bonds is 2. The number of nitrogen functional groups attached to an aromatic ring is 1. The van der Waals surface area contributed by atoms with Gasteiger partial charge in [0.2, 0.25) is 0 Å². The van der Waals surface area contributed by atoms with E-state index in [2.05, 4.69) is 24.0 Å². The van der Waals surface area contributed by atoms with Gasteiger partial charge in [-0.3, -0.25) is 0 Å². The molecule has 0 aliphatic heterocycles. The van der Waals surface area contributed by atoms with Crippen molar-refractivity contribution in [2.45, 2.75) is 16.8 Å². The summed E-state index contributed by atoms with van der Waals surface area (Å²) in [7, 11) is 0. The summed E-state index contributed by atoms with van der Waals surface area (Å²) in [6.45, 7) is 2.09. The lowest BCUT2D eigenvalue weighted by molar-refractivity contribution is 1.13. The van der Waals surface area contributed by atoms with Gasteiger partial charge in [-0.15, -0.1) is 0 Å². The van der Waals surface area contributed by atoms with Crippen molar-refractivity contribution in [2.75, 3.05) is 5.73 Å². The van der Waals surface area contributed by atoms with Crippen molar-refractivity contribution >= 4 is 17.4 Å². The Balaban J connectivity index is 2.26. The van der Waals surface area contributed by atoms with Gasteiger partial charge in [0.1, 0.15) is 5.03 Å². The van der Waals surface area contributed by atoms with E-state index in [9.17, 15) is 0 Å². The number of pyridine rings is 1. The molecule has 2 N–H and O–H groups in total. The van der Waals surface area contributed by atoms with Crippen molar-refractivity contribution in [3.8, 4) is 0 Å². The molecule has 0 saturated heterocycles. The van der Waals surface area contributed by atoms with E-state index >= 15 is 0 Å². The van der Waals surface area contributed by atoms with Gasteiger partial charge >= 0.3 is 0 Å². The lowest BCUT2D eigenvalue weighted by atomic mass is 10.2. The molecule has 0 aliphatic rings. The van der Waals surface area contributed by atoms with E-state index in [-0.39, 0.29) is 0 Å². The van der Waals surface area contributed by atoms with Gasteiger partial charge in [0.15, 0.2) is 0 Å². The van der Waals surface area contributed by atoms with Gasteiger partial charge in [-0.2, -0.15) is 0 Å². The Morgan fingerprint density at radius 1 is 1.20 bits per heavy atom. The molecule has 1 aromatic carbocycles. The molecule has 0 bridgehead atoms. The molecule has 1 heterocycles. The van der Waals surface area contributed by atoms with Gasteiger partial charge in [-0.1, -0.05) is 30.0 Å². The van der Waals surface area contributed by atoms with E-state index in [0.717, 1.165) is 10.7 Å². The summed E-state index contributed by atoms with van der Waals surface area (Å²) in [4.78, 5) is 5.48. The Bertz CT molecular complexity index is 469. The summed E-state index contributed by atoms with van der Waals surface area (Å²) >= 11 is 1.64. The third-order valence-corrected chi connectivity index (χ3v) is 3.18. The van der Waals surface area contributed by atoms with Crippen LogP contribution in [0.1, 0.15) is 5.56 Å². The molecule has 0 saturated carbocycles. The van der Waals surface area contributed by atoms with Crippen LogP contribution >= 0.6 is 11.8 Å². The zero-order valence-electron chi connectivity index (χ0n) is 8.47. The predicted octanol–water partition coefficient (Wildman–Crippen LogP) is 3.12. The smallest absolute Gasteiger partial charge is 0.103 e. The van der Waals surface area contributed by atoms with Gasteiger partial charge in [-0.05, 0) is 30.7 Å². The Labute approximate surface area is 93.5 Å². The number of hydrogen-bond acceptors (Lipinski definition) is 3. The molecule has 0 aliphatic carbocycles. The number of nitrogens with two attached hydrogens (primary N) is 1. The zero-order valence-corrected chi connectivity index (χ0v) is 9.29. The Hall–Kier alpha value is -1.48. The first-order valence-electron chi connectivity index (χ1n) is 4.71. The summed E-state index contributed by atoms with van der Waals surface area (Å²) in [5.74, 6) is 0. The van der Waals surface area contributed by atoms with Gasteiger partial charge in [-0.25, -0.2) is 4.98 Å². The van der Waals surface area contributed by atoms with Crippen LogP contribution in [0.15, 0.2) is 52.5 Å². The minimum absolute atomic E-state index is 0.751. The summed E-state index contributed by atoms with van der Waals surface area (Å²) in [5.41, 5.74) is 7.70. The van der Waals surface area contributed by atoms with Crippen LogP contribution in [-0.2, 0) is 0 Å². The molecule has 76 valence electrons. The molecular formula is C12H12N2S. The fourth-order valence-corrected chi connectivity index (χ4v) is 2.17. The highest BCUT2D eigenvalue weighted by molar-refractivity contribution is 7.99. The van der Waals surface area contributed by atoms with Crippen LogP contribution in [-0.4, -0.2) is 4.98 Å². The molecule has 0 fully saturated rings. The van der Waals surface area contributed by atoms with Crippen molar-refractivity contribution < 1.29 is 0 Å². The SMILES string of the molecule is Cc1ccccc1Sc1cc(N)ccn1. The Morgan fingerprint density at radius 2 is 2.00 bits per heavy atom. The first-order valence-corrected chi connectivity index (χ1v) is 5.52. The topological polar surface area (TPSA) is 38.9 Å². The summed E-state index contributed by atoms with van der Waals surface area (Å²) in [6.07, 6.45) is 1.73. The number of anilines is 1. The maximum Gasteiger partial charge on any atom is 0.103 e. The largest absolute Gasteiger partial charge is 0.399 e. The van der Waals surface area contributed by atoms with Crippen LogP contribution in [0.3, 0.4) is 0 Å². The van der Waals surface area contributed by atoms with E-state index in [1.807, 2.05) is 18.2 Å². The van der Waals surface area contributed by atoms with Gasteiger partial charge in [0.25, 0.3) is 0 Å². The molecular weight excluding hydrogens is 204 g/mol. The highest BCUT2D eigenvalue weighted by atomic mass is 32.2. The van der Waals surface area contributed by atoms with E-state index in [0.29, 0.717) is 0 Å². The molecule has 0 atom stereocenters.